The molecule has 0 radical (unpaired) electrons. The summed E-state index contributed by atoms with van der Waals surface area (Å²) in [6.07, 6.45) is 1.74. The first-order valence-corrected chi connectivity index (χ1v) is 13.5. The third-order valence-electron chi connectivity index (χ3n) is 6.46. The van der Waals surface area contributed by atoms with E-state index in [9.17, 15) is 0 Å². The van der Waals surface area contributed by atoms with Crippen LogP contribution in [0, 0.1) is 0 Å². The molecule has 0 amide bonds. The summed E-state index contributed by atoms with van der Waals surface area (Å²) in [6.45, 7) is 12.4. The van der Waals surface area contributed by atoms with E-state index >= 15 is 0 Å². The predicted molar refractivity (Wildman–Crippen MR) is 150 cm³/mol. The summed E-state index contributed by atoms with van der Waals surface area (Å²) < 4.78 is 10.9. The van der Waals surface area contributed by atoms with Gasteiger partial charge in [0.2, 0.25) is 11.0 Å². The predicted octanol–water partition coefficient (Wildman–Crippen LogP) is 6.08. The molecule has 1 fully saturated rings. The van der Waals surface area contributed by atoms with E-state index in [0.29, 0.717) is 5.88 Å². The minimum absolute atomic E-state index is 0.0415. The number of aromatic nitrogens is 3. The maximum absolute atomic E-state index is 6.29. The molecule has 8 heteroatoms. The normalized spacial score (nSPS) is 15.0. The van der Waals surface area contributed by atoms with Crippen LogP contribution in [0.25, 0.3) is 0 Å². The van der Waals surface area contributed by atoms with Crippen LogP contribution in [0.3, 0.4) is 0 Å². The van der Waals surface area contributed by atoms with Gasteiger partial charge in [0.25, 0.3) is 0 Å². The zero-order valence-electron chi connectivity index (χ0n) is 21.7. The van der Waals surface area contributed by atoms with Crippen LogP contribution in [0.5, 0.6) is 11.6 Å². The lowest BCUT2D eigenvalue weighted by atomic mass is 9.86. The Kier molecular flexibility index (Phi) is 7.79. The van der Waals surface area contributed by atoms with Gasteiger partial charge in [0.1, 0.15) is 11.4 Å². The first-order chi connectivity index (χ1) is 17.9. The number of rotatable bonds is 8. The van der Waals surface area contributed by atoms with Gasteiger partial charge in [-0.05, 0) is 29.2 Å². The van der Waals surface area contributed by atoms with Gasteiger partial charge < -0.3 is 10.1 Å². The Labute approximate surface area is 223 Å². The average molecular weight is 515 g/mol. The molecule has 2 aromatic heterocycles. The van der Waals surface area contributed by atoms with Crippen molar-refractivity contribution in [3.05, 3.63) is 89.9 Å². The number of piperazine rings is 1. The number of benzene rings is 2. The lowest BCUT2D eigenvalue weighted by Crippen LogP contribution is -2.45. The Morgan fingerprint density at radius 2 is 1.57 bits per heavy atom. The highest BCUT2D eigenvalue weighted by atomic mass is 32.1. The van der Waals surface area contributed by atoms with Crippen LogP contribution < -0.4 is 10.1 Å². The SMILES string of the molecule is CC(C)(C)c1ccccc1Oc1ncccc1Nc1nc(CN2CCN(Cc3ccccc3)CC2)ns1. The Hall–Kier alpha value is -3.33. The zero-order valence-corrected chi connectivity index (χ0v) is 22.5. The fourth-order valence-corrected chi connectivity index (χ4v) is 5.07. The molecule has 192 valence electrons. The molecule has 4 aromatic rings. The standard InChI is InChI=1S/C29H34N6OS/c1-29(2,3)23-12-7-8-14-25(23)36-27-24(13-9-15-30-27)31-28-32-26(33-37-28)21-35-18-16-34(17-19-35)20-22-10-5-4-6-11-22/h4-15H,16-21H2,1-3H3,(H,31,32,33). The van der Waals surface area contributed by atoms with Crippen LogP contribution in [0.15, 0.2) is 72.9 Å². The number of hydrogen-bond acceptors (Lipinski definition) is 8. The van der Waals surface area contributed by atoms with Gasteiger partial charge in [-0.3, -0.25) is 9.80 Å². The molecule has 2 aromatic carbocycles. The third kappa shape index (κ3) is 6.71. The molecule has 0 bridgehead atoms. The van der Waals surface area contributed by atoms with E-state index in [4.69, 9.17) is 9.72 Å². The second-order valence-corrected chi connectivity index (χ2v) is 11.1. The van der Waals surface area contributed by atoms with Crippen molar-refractivity contribution in [2.24, 2.45) is 0 Å². The zero-order chi connectivity index (χ0) is 25.7. The van der Waals surface area contributed by atoms with E-state index in [1.165, 1.54) is 17.1 Å². The Bertz CT molecular complexity index is 1300. The van der Waals surface area contributed by atoms with Gasteiger partial charge in [-0.1, -0.05) is 69.3 Å². The third-order valence-corrected chi connectivity index (χ3v) is 7.13. The monoisotopic (exact) mass is 514 g/mol. The molecule has 0 aliphatic carbocycles. The first-order valence-electron chi connectivity index (χ1n) is 12.7. The molecule has 1 saturated heterocycles. The minimum Gasteiger partial charge on any atom is -0.437 e. The Morgan fingerprint density at radius 3 is 2.32 bits per heavy atom. The number of anilines is 2. The molecule has 0 saturated carbocycles. The quantitative estimate of drug-likeness (QED) is 0.305. The maximum Gasteiger partial charge on any atom is 0.243 e. The molecule has 5 rings (SSSR count). The summed E-state index contributed by atoms with van der Waals surface area (Å²) in [4.78, 5) is 14.2. The van der Waals surface area contributed by atoms with E-state index in [-0.39, 0.29) is 5.41 Å². The summed E-state index contributed by atoms with van der Waals surface area (Å²) in [6, 6.07) is 22.6. The van der Waals surface area contributed by atoms with Crippen molar-refractivity contribution in [2.45, 2.75) is 39.3 Å². The topological polar surface area (TPSA) is 66.4 Å². The average Bonchev–Trinajstić information content (AvgIpc) is 3.33. The van der Waals surface area contributed by atoms with Crippen molar-refractivity contribution in [1.29, 1.82) is 0 Å². The Balaban J connectivity index is 1.19. The van der Waals surface area contributed by atoms with Crippen LogP contribution >= 0.6 is 11.5 Å². The molecule has 0 unspecified atom stereocenters. The van der Waals surface area contributed by atoms with Crippen molar-refractivity contribution in [2.75, 3.05) is 31.5 Å². The molecular formula is C29H34N6OS. The smallest absolute Gasteiger partial charge is 0.243 e. The van der Waals surface area contributed by atoms with Crippen LogP contribution in [-0.2, 0) is 18.5 Å². The number of nitrogens with zero attached hydrogens (tertiary/aromatic N) is 5. The summed E-state index contributed by atoms with van der Waals surface area (Å²) >= 11 is 1.37. The van der Waals surface area contributed by atoms with Crippen molar-refractivity contribution >= 4 is 22.4 Å². The van der Waals surface area contributed by atoms with Gasteiger partial charge in [-0.2, -0.15) is 4.37 Å². The maximum atomic E-state index is 6.29. The molecule has 1 aliphatic heterocycles. The van der Waals surface area contributed by atoms with Gasteiger partial charge in [0.15, 0.2) is 5.82 Å². The van der Waals surface area contributed by atoms with Crippen LogP contribution in [0.2, 0.25) is 0 Å². The summed E-state index contributed by atoms with van der Waals surface area (Å²) in [5.74, 6) is 2.17. The highest BCUT2D eigenvalue weighted by Crippen LogP contribution is 2.36. The number of para-hydroxylation sites is 1. The van der Waals surface area contributed by atoms with Crippen molar-refractivity contribution in [3.8, 4) is 11.6 Å². The molecule has 0 atom stereocenters. The van der Waals surface area contributed by atoms with Crippen LogP contribution in [0.4, 0.5) is 10.8 Å². The molecular weight excluding hydrogens is 480 g/mol. The van der Waals surface area contributed by atoms with E-state index < -0.39 is 0 Å². The van der Waals surface area contributed by atoms with Gasteiger partial charge in [-0.15, -0.1) is 0 Å². The van der Waals surface area contributed by atoms with Crippen LogP contribution in [0.1, 0.15) is 37.7 Å². The summed E-state index contributed by atoms with van der Waals surface area (Å²) in [7, 11) is 0. The molecule has 7 nitrogen and oxygen atoms in total. The second-order valence-electron chi connectivity index (χ2n) is 10.4. The van der Waals surface area contributed by atoms with Crippen molar-refractivity contribution < 1.29 is 4.74 Å². The molecule has 1 aliphatic rings. The molecule has 37 heavy (non-hydrogen) atoms. The lowest BCUT2D eigenvalue weighted by Gasteiger charge is -2.34. The number of pyridine rings is 1. The number of nitrogens with one attached hydrogen (secondary N) is 1. The largest absolute Gasteiger partial charge is 0.437 e. The van der Waals surface area contributed by atoms with E-state index in [2.05, 4.69) is 81.6 Å². The van der Waals surface area contributed by atoms with Gasteiger partial charge in [0, 0.05) is 56.0 Å². The molecule has 1 N–H and O–H groups in total. The minimum atomic E-state index is -0.0415. The van der Waals surface area contributed by atoms with Crippen molar-refractivity contribution in [3.63, 3.8) is 0 Å². The van der Waals surface area contributed by atoms with E-state index in [1.54, 1.807) is 6.20 Å². The lowest BCUT2D eigenvalue weighted by molar-refractivity contribution is 0.120. The first kappa shape index (κ1) is 25.3. The van der Waals surface area contributed by atoms with Gasteiger partial charge in [0.05, 0.1) is 6.54 Å². The summed E-state index contributed by atoms with van der Waals surface area (Å²) in [5.41, 5.74) is 3.23. The van der Waals surface area contributed by atoms with E-state index in [0.717, 1.165) is 67.2 Å². The van der Waals surface area contributed by atoms with Crippen LogP contribution in [-0.4, -0.2) is 50.3 Å². The fourth-order valence-electron chi connectivity index (χ4n) is 4.48. The number of ether oxygens (including phenoxy) is 1. The van der Waals surface area contributed by atoms with Gasteiger partial charge in [-0.25, -0.2) is 9.97 Å². The number of hydrogen-bond donors (Lipinski definition) is 1. The van der Waals surface area contributed by atoms with E-state index in [1.807, 2.05) is 30.3 Å². The highest BCUT2D eigenvalue weighted by Gasteiger charge is 2.21. The van der Waals surface area contributed by atoms with Gasteiger partial charge >= 0.3 is 0 Å². The second kappa shape index (κ2) is 11.4. The molecule has 3 heterocycles. The summed E-state index contributed by atoms with van der Waals surface area (Å²) in [5, 5.41) is 4.11. The Morgan fingerprint density at radius 1 is 0.865 bits per heavy atom. The highest BCUT2D eigenvalue weighted by molar-refractivity contribution is 7.09. The molecule has 0 spiro atoms. The fraction of sp³-hybridized carbons (Fsp3) is 0.345. The van der Waals surface area contributed by atoms with Crippen molar-refractivity contribution in [1.82, 2.24) is 24.1 Å².